The molecule has 0 heteroatoms. The number of hydrogen-bond acceptors (Lipinski definition) is 0. The number of hydrogen-bond donors (Lipinski definition) is 0. The molecule has 0 bridgehead atoms. The SMILES string of the molecule is CC(C)CCC1CCC1C(C)(C)C. The Hall–Kier alpha value is 0. The Bertz CT molecular complexity index is 150. The highest BCUT2D eigenvalue weighted by Crippen LogP contribution is 2.48. The molecule has 1 aliphatic carbocycles. The molecule has 0 nitrogen and oxygen atoms in total. The van der Waals surface area contributed by atoms with E-state index in [-0.39, 0.29) is 0 Å². The summed E-state index contributed by atoms with van der Waals surface area (Å²) in [7, 11) is 0. The lowest BCUT2D eigenvalue weighted by Gasteiger charge is -2.45. The lowest BCUT2D eigenvalue weighted by Crippen LogP contribution is -2.36. The fraction of sp³-hybridized carbons (Fsp3) is 1.00. The van der Waals surface area contributed by atoms with Crippen molar-refractivity contribution in [2.45, 2.75) is 60.3 Å². The van der Waals surface area contributed by atoms with Crippen LogP contribution in [0, 0.1) is 23.2 Å². The Kier molecular flexibility index (Phi) is 3.43. The minimum Gasteiger partial charge on any atom is -0.0628 e. The van der Waals surface area contributed by atoms with Crippen molar-refractivity contribution in [1.82, 2.24) is 0 Å². The molecule has 1 rings (SSSR count). The van der Waals surface area contributed by atoms with Crippen LogP contribution < -0.4 is 0 Å². The van der Waals surface area contributed by atoms with Crippen LogP contribution in [0.25, 0.3) is 0 Å². The van der Waals surface area contributed by atoms with Gasteiger partial charge < -0.3 is 0 Å². The molecule has 1 aliphatic rings. The maximum atomic E-state index is 2.40. The van der Waals surface area contributed by atoms with Gasteiger partial charge >= 0.3 is 0 Å². The molecule has 1 fully saturated rings. The van der Waals surface area contributed by atoms with Gasteiger partial charge in [-0.05, 0) is 42.4 Å². The zero-order chi connectivity index (χ0) is 10.1. The molecule has 78 valence electrons. The summed E-state index contributed by atoms with van der Waals surface area (Å²) >= 11 is 0. The lowest BCUT2D eigenvalue weighted by molar-refractivity contribution is 0.0467. The summed E-state index contributed by atoms with van der Waals surface area (Å²) < 4.78 is 0. The molecular formula is C13H26. The minimum absolute atomic E-state index is 0.555. The summed E-state index contributed by atoms with van der Waals surface area (Å²) in [6.45, 7) is 11.9. The molecule has 2 unspecified atom stereocenters. The third kappa shape index (κ3) is 3.00. The molecule has 0 spiro atoms. The quantitative estimate of drug-likeness (QED) is 0.603. The smallest absolute Gasteiger partial charge is 0.0337 e. The van der Waals surface area contributed by atoms with Gasteiger partial charge in [0, 0.05) is 0 Å². The molecule has 0 aromatic rings. The normalized spacial score (nSPS) is 29.1. The van der Waals surface area contributed by atoms with E-state index in [2.05, 4.69) is 34.6 Å². The maximum absolute atomic E-state index is 2.40. The Labute approximate surface area is 84.1 Å². The van der Waals surface area contributed by atoms with Gasteiger partial charge in [-0.2, -0.15) is 0 Å². The third-order valence-electron chi connectivity index (χ3n) is 3.64. The van der Waals surface area contributed by atoms with Crippen molar-refractivity contribution >= 4 is 0 Å². The van der Waals surface area contributed by atoms with Crippen LogP contribution in [0.15, 0.2) is 0 Å². The van der Waals surface area contributed by atoms with Gasteiger partial charge in [0.05, 0.1) is 0 Å². The monoisotopic (exact) mass is 182 g/mol. The van der Waals surface area contributed by atoms with E-state index in [1.54, 1.807) is 0 Å². The van der Waals surface area contributed by atoms with Crippen LogP contribution >= 0.6 is 0 Å². The van der Waals surface area contributed by atoms with E-state index >= 15 is 0 Å². The Balaban J connectivity index is 2.29. The Morgan fingerprint density at radius 1 is 1.15 bits per heavy atom. The van der Waals surface area contributed by atoms with E-state index in [0.29, 0.717) is 5.41 Å². The minimum atomic E-state index is 0.555. The molecule has 0 amide bonds. The van der Waals surface area contributed by atoms with Gasteiger partial charge in [0.15, 0.2) is 0 Å². The highest BCUT2D eigenvalue weighted by Gasteiger charge is 2.38. The Morgan fingerprint density at radius 2 is 1.77 bits per heavy atom. The summed E-state index contributed by atoms with van der Waals surface area (Å²) in [5, 5.41) is 0. The second-order valence-electron chi connectivity index (χ2n) is 6.28. The summed E-state index contributed by atoms with van der Waals surface area (Å²) in [6, 6.07) is 0. The van der Waals surface area contributed by atoms with Crippen LogP contribution in [0.3, 0.4) is 0 Å². The third-order valence-corrected chi connectivity index (χ3v) is 3.64. The van der Waals surface area contributed by atoms with Crippen LogP contribution in [0.1, 0.15) is 60.3 Å². The van der Waals surface area contributed by atoms with Crippen molar-refractivity contribution in [3.63, 3.8) is 0 Å². The van der Waals surface area contributed by atoms with Gasteiger partial charge in [-0.3, -0.25) is 0 Å². The second kappa shape index (κ2) is 4.02. The first kappa shape index (κ1) is 11.1. The van der Waals surface area contributed by atoms with Gasteiger partial charge in [-0.1, -0.05) is 41.0 Å². The van der Waals surface area contributed by atoms with Crippen LogP contribution in [-0.4, -0.2) is 0 Å². The van der Waals surface area contributed by atoms with E-state index in [9.17, 15) is 0 Å². The molecule has 0 heterocycles. The van der Waals surface area contributed by atoms with Crippen molar-refractivity contribution in [1.29, 1.82) is 0 Å². The first-order valence-corrected chi connectivity index (χ1v) is 5.91. The maximum Gasteiger partial charge on any atom is -0.0337 e. The van der Waals surface area contributed by atoms with Crippen LogP contribution in [0.5, 0.6) is 0 Å². The molecule has 0 aliphatic heterocycles. The van der Waals surface area contributed by atoms with Crippen molar-refractivity contribution in [3.8, 4) is 0 Å². The summed E-state index contributed by atoms with van der Waals surface area (Å²) in [5.74, 6) is 2.94. The van der Waals surface area contributed by atoms with Gasteiger partial charge in [0.1, 0.15) is 0 Å². The summed E-state index contributed by atoms with van der Waals surface area (Å²) in [5.41, 5.74) is 0.555. The predicted molar refractivity (Wildman–Crippen MR) is 59.7 cm³/mol. The molecule has 0 radical (unpaired) electrons. The summed E-state index contributed by atoms with van der Waals surface area (Å²) in [6.07, 6.45) is 5.87. The molecule has 0 saturated heterocycles. The predicted octanol–water partition coefficient (Wildman–Crippen LogP) is 4.49. The fourth-order valence-electron chi connectivity index (χ4n) is 2.60. The molecule has 0 N–H and O–H groups in total. The van der Waals surface area contributed by atoms with E-state index in [1.807, 2.05) is 0 Å². The Morgan fingerprint density at radius 3 is 2.08 bits per heavy atom. The largest absolute Gasteiger partial charge is 0.0628 e. The zero-order valence-corrected chi connectivity index (χ0v) is 10.1. The zero-order valence-electron chi connectivity index (χ0n) is 10.1. The lowest BCUT2D eigenvalue weighted by atomic mass is 9.60. The van der Waals surface area contributed by atoms with Crippen LogP contribution in [0.2, 0.25) is 0 Å². The molecule has 0 aromatic heterocycles. The highest BCUT2D eigenvalue weighted by molar-refractivity contribution is 4.88. The fourth-order valence-corrected chi connectivity index (χ4v) is 2.60. The molecular weight excluding hydrogens is 156 g/mol. The van der Waals surface area contributed by atoms with Gasteiger partial charge in [0.25, 0.3) is 0 Å². The second-order valence-corrected chi connectivity index (χ2v) is 6.28. The van der Waals surface area contributed by atoms with Crippen LogP contribution in [0.4, 0.5) is 0 Å². The van der Waals surface area contributed by atoms with Crippen molar-refractivity contribution in [2.75, 3.05) is 0 Å². The average Bonchev–Trinajstić information content (AvgIpc) is 1.79. The topological polar surface area (TPSA) is 0 Å². The van der Waals surface area contributed by atoms with Crippen molar-refractivity contribution in [2.24, 2.45) is 23.2 Å². The van der Waals surface area contributed by atoms with Crippen LogP contribution in [-0.2, 0) is 0 Å². The standard InChI is InChI=1S/C13H26/c1-10(2)6-7-11-8-9-12(11)13(3,4)5/h10-12H,6-9H2,1-5H3. The van der Waals surface area contributed by atoms with Gasteiger partial charge in [-0.15, -0.1) is 0 Å². The molecule has 1 saturated carbocycles. The highest BCUT2D eigenvalue weighted by atomic mass is 14.4. The first-order valence-electron chi connectivity index (χ1n) is 5.91. The molecule has 13 heavy (non-hydrogen) atoms. The molecule has 0 aromatic carbocycles. The van der Waals surface area contributed by atoms with E-state index in [0.717, 1.165) is 17.8 Å². The first-order chi connectivity index (χ1) is 5.91. The average molecular weight is 182 g/mol. The van der Waals surface area contributed by atoms with E-state index in [1.165, 1.54) is 25.7 Å². The van der Waals surface area contributed by atoms with Gasteiger partial charge in [-0.25, -0.2) is 0 Å². The van der Waals surface area contributed by atoms with E-state index < -0.39 is 0 Å². The van der Waals surface area contributed by atoms with Gasteiger partial charge in [0.2, 0.25) is 0 Å². The molecule has 2 atom stereocenters. The van der Waals surface area contributed by atoms with Crippen molar-refractivity contribution < 1.29 is 0 Å². The summed E-state index contributed by atoms with van der Waals surface area (Å²) in [4.78, 5) is 0. The van der Waals surface area contributed by atoms with Crippen molar-refractivity contribution in [3.05, 3.63) is 0 Å². The van der Waals surface area contributed by atoms with E-state index in [4.69, 9.17) is 0 Å². The number of rotatable bonds is 3.